The van der Waals surface area contributed by atoms with Crippen LogP contribution in [0.15, 0.2) is 81.1 Å². The Hall–Kier alpha value is -2.74. The minimum atomic E-state index is -0.0816. The summed E-state index contributed by atoms with van der Waals surface area (Å²) in [5.41, 5.74) is 2.61. The average Bonchev–Trinajstić information content (AvgIpc) is 3.15. The van der Waals surface area contributed by atoms with Crippen LogP contribution in [0, 0.1) is 0 Å². The maximum Gasteiger partial charge on any atom is 0.266 e. The molecule has 0 saturated carbocycles. The van der Waals surface area contributed by atoms with Gasteiger partial charge in [0.15, 0.2) is 16.7 Å². The van der Waals surface area contributed by atoms with E-state index in [0.29, 0.717) is 52.0 Å². The molecule has 1 heterocycles. The van der Waals surface area contributed by atoms with Crippen LogP contribution >= 0.6 is 39.3 Å². The molecule has 0 N–H and O–H groups in total. The van der Waals surface area contributed by atoms with Crippen LogP contribution in [0.2, 0.25) is 5.02 Å². The number of thioether (sulfide) groups is 1. The molecule has 0 atom stereocenters. The van der Waals surface area contributed by atoms with Gasteiger partial charge in [0.2, 0.25) is 0 Å². The zero-order valence-electron chi connectivity index (χ0n) is 19.3. The van der Waals surface area contributed by atoms with Gasteiger partial charge in [0.25, 0.3) is 5.91 Å². The van der Waals surface area contributed by atoms with Crippen LogP contribution in [-0.2, 0) is 11.4 Å². The molecular weight excluding hydrogens is 548 g/mol. The first-order valence-corrected chi connectivity index (χ1v) is 13.2. The maximum absolute atomic E-state index is 13.1. The van der Waals surface area contributed by atoms with Gasteiger partial charge in [-0.2, -0.15) is 0 Å². The molecule has 5 nitrogen and oxygen atoms in total. The Morgan fingerprint density at radius 3 is 2.54 bits per heavy atom. The molecule has 1 aliphatic heterocycles. The highest BCUT2D eigenvalue weighted by molar-refractivity contribution is 9.10. The summed E-state index contributed by atoms with van der Waals surface area (Å²) in [6.07, 6.45) is 1.86. The minimum Gasteiger partial charge on any atom is -0.490 e. The van der Waals surface area contributed by atoms with E-state index in [-0.39, 0.29) is 5.91 Å². The van der Waals surface area contributed by atoms with Crippen molar-refractivity contribution in [2.45, 2.75) is 20.5 Å². The molecule has 0 bridgehead atoms. The van der Waals surface area contributed by atoms with E-state index in [9.17, 15) is 4.79 Å². The number of hydrogen-bond acceptors (Lipinski definition) is 5. The lowest BCUT2D eigenvalue weighted by molar-refractivity contribution is -0.122. The predicted octanol–water partition coefficient (Wildman–Crippen LogP) is 7.70. The predicted molar refractivity (Wildman–Crippen MR) is 148 cm³/mol. The number of nitrogens with zero attached hydrogens (tertiary/aromatic N) is 2. The third-order valence-electron chi connectivity index (χ3n) is 5.13. The van der Waals surface area contributed by atoms with Crippen molar-refractivity contribution in [3.8, 4) is 11.5 Å². The number of aliphatic imine (C=N–C) groups is 1. The van der Waals surface area contributed by atoms with Gasteiger partial charge in [-0.1, -0.05) is 48.0 Å². The maximum atomic E-state index is 13.1. The number of likely N-dealkylation sites (N-methyl/N-ethyl adjacent to an activating group) is 1. The largest absolute Gasteiger partial charge is 0.490 e. The third kappa shape index (κ3) is 6.28. The van der Waals surface area contributed by atoms with E-state index < -0.39 is 0 Å². The standard InChI is InChI=1S/C27H24BrClN2O3S/c1-3-31-26(32)25(35-27(31)30-20-11-12-21(28)22(29)16-20)15-19-10-13-23(24(14-19)33-4-2)34-17-18-8-6-5-7-9-18/h5-16H,3-4,17H2,1-2H3/b25-15-,30-27?. The van der Waals surface area contributed by atoms with Crippen molar-refractivity contribution in [3.63, 3.8) is 0 Å². The number of rotatable bonds is 8. The molecule has 0 radical (unpaired) electrons. The van der Waals surface area contributed by atoms with Gasteiger partial charge in [0, 0.05) is 11.0 Å². The number of carbonyl (C=O) groups is 1. The molecule has 1 aliphatic rings. The highest BCUT2D eigenvalue weighted by Crippen LogP contribution is 2.37. The summed E-state index contributed by atoms with van der Waals surface area (Å²) in [5, 5.41) is 1.19. The molecule has 1 fully saturated rings. The van der Waals surface area contributed by atoms with Crippen LogP contribution in [0.3, 0.4) is 0 Å². The van der Waals surface area contributed by atoms with Gasteiger partial charge in [0.05, 0.1) is 22.2 Å². The second kappa shape index (κ2) is 11.8. The fourth-order valence-electron chi connectivity index (χ4n) is 3.42. The van der Waals surface area contributed by atoms with Crippen molar-refractivity contribution < 1.29 is 14.3 Å². The molecule has 35 heavy (non-hydrogen) atoms. The average molecular weight is 572 g/mol. The number of hydrogen-bond donors (Lipinski definition) is 0. The summed E-state index contributed by atoms with van der Waals surface area (Å²) >= 11 is 10.9. The lowest BCUT2D eigenvalue weighted by Gasteiger charge is -2.13. The van der Waals surface area contributed by atoms with E-state index in [2.05, 4.69) is 20.9 Å². The lowest BCUT2D eigenvalue weighted by Crippen LogP contribution is -2.28. The number of amides is 1. The Morgan fingerprint density at radius 1 is 1.03 bits per heavy atom. The first-order valence-electron chi connectivity index (χ1n) is 11.2. The molecule has 4 rings (SSSR count). The second-order valence-electron chi connectivity index (χ2n) is 7.57. The van der Waals surface area contributed by atoms with E-state index in [1.54, 1.807) is 11.0 Å². The van der Waals surface area contributed by atoms with Gasteiger partial charge < -0.3 is 9.47 Å². The summed E-state index contributed by atoms with van der Waals surface area (Å²) in [5.74, 6) is 1.22. The number of ether oxygens (including phenoxy) is 2. The summed E-state index contributed by atoms with van der Waals surface area (Å²) in [6, 6.07) is 21.1. The van der Waals surface area contributed by atoms with Gasteiger partial charge in [-0.15, -0.1) is 0 Å². The fraction of sp³-hybridized carbons (Fsp3) is 0.185. The molecule has 3 aromatic rings. The van der Waals surface area contributed by atoms with Crippen LogP contribution in [0.1, 0.15) is 25.0 Å². The molecule has 180 valence electrons. The third-order valence-corrected chi connectivity index (χ3v) is 7.37. The van der Waals surface area contributed by atoms with Crippen LogP contribution in [0.5, 0.6) is 11.5 Å². The van der Waals surface area contributed by atoms with E-state index >= 15 is 0 Å². The van der Waals surface area contributed by atoms with Gasteiger partial charge in [-0.3, -0.25) is 9.69 Å². The second-order valence-corrected chi connectivity index (χ2v) is 9.84. The van der Waals surface area contributed by atoms with Crippen LogP contribution in [0.25, 0.3) is 6.08 Å². The Kier molecular flexibility index (Phi) is 8.55. The highest BCUT2D eigenvalue weighted by Gasteiger charge is 2.32. The van der Waals surface area contributed by atoms with Crippen LogP contribution < -0.4 is 9.47 Å². The molecule has 0 unspecified atom stereocenters. The highest BCUT2D eigenvalue weighted by atomic mass is 79.9. The topological polar surface area (TPSA) is 51.1 Å². The van der Waals surface area contributed by atoms with Crippen LogP contribution in [0.4, 0.5) is 5.69 Å². The zero-order valence-corrected chi connectivity index (χ0v) is 22.5. The summed E-state index contributed by atoms with van der Waals surface area (Å²) in [4.78, 5) is 20.0. The minimum absolute atomic E-state index is 0.0816. The number of benzene rings is 3. The van der Waals surface area contributed by atoms with Crippen LogP contribution in [-0.4, -0.2) is 29.1 Å². The Morgan fingerprint density at radius 2 is 1.83 bits per heavy atom. The molecule has 8 heteroatoms. The normalized spacial score (nSPS) is 15.8. The summed E-state index contributed by atoms with van der Waals surface area (Å²) < 4.78 is 12.6. The van der Waals surface area contributed by atoms with Gasteiger partial charge in [-0.25, -0.2) is 4.99 Å². The molecule has 0 aliphatic carbocycles. The van der Waals surface area contributed by atoms with Gasteiger partial charge in [-0.05, 0) is 89.1 Å². The van der Waals surface area contributed by atoms with Crippen molar-refractivity contribution in [1.82, 2.24) is 4.90 Å². The Labute approximate surface area is 222 Å². The van der Waals surface area contributed by atoms with E-state index in [4.69, 9.17) is 21.1 Å². The van der Waals surface area contributed by atoms with Gasteiger partial charge in [0.1, 0.15) is 6.61 Å². The molecular formula is C27H24BrClN2O3S. The smallest absolute Gasteiger partial charge is 0.266 e. The van der Waals surface area contributed by atoms with E-state index in [0.717, 1.165) is 15.6 Å². The summed E-state index contributed by atoms with van der Waals surface area (Å²) in [6.45, 7) is 5.32. The van der Waals surface area contributed by atoms with Crippen molar-refractivity contribution >= 4 is 62.1 Å². The zero-order chi connectivity index (χ0) is 24.8. The Bertz CT molecular complexity index is 1280. The molecule has 0 aromatic heterocycles. The number of amidine groups is 1. The fourth-order valence-corrected chi connectivity index (χ4v) is 4.91. The first-order chi connectivity index (χ1) is 17.0. The first kappa shape index (κ1) is 25.4. The van der Waals surface area contributed by atoms with Gasteiger partial charge >= 0.3 is 0 Å². The quantitative estimate of drug-likeness (QED) is 0.260. The van der Waals surface area contributed by atoms with Crippen molar-refractivity contribution in [3.05, 3.63) is 92.3 Å². The SMILES string of the molecule is CCOc1cc(/C=C2\SC(=Nc3ccc(Br)c(Cl)c3)N(CC)C2=O)ccc1OCc1ccccc1. The molecule has 1 amide bonds. The number of carbonyl (C=O) groups excluding carboxylic acids is 1. The summed E-state index contributed by atoms with van der Waals surface area (Å²) in [7, 11) is 0. The molecule has 3 aromatic carbocycles. The van der Waals surface area contributed by atoms with Crippen molar-refractivity contribution in [1.29, 1.82) is 0 Å². The molecule has 0 spiro atoms. The van der Waals surface area contributed by atoms with Crippen molar-refractivity contribution in [2.24, 2.45) is 4.99 Å². The monoisotopic (exact) mass is 570 g/mol. The Balaban J connectivity index is 1.57. The van der Waals surface area contributed by atoms with E-state index in [1.807, 2.05) is 80.6 Å². The number of halogens is 2. The van der Waals surface area contributed by atoms with Crippen molar-refractivity contribution in [2.75, 3.05) is 13.2 Å². The molecule has 1 saturated heterocycles. The van der Waals surface area contributed by atoms with E-state index in [1.165, 1.54) is 11.8 Å². The lowest BCUT2D eigenvalue weighted by atomic mass is 10.1.